The monoisotopic (exact) mass is 347 g/mol. The maximum absolute atomic E-state index is 12.6. The summed E-state index contributed by atoms with van der Waals surface area (Å²) < 4.78 is 5.00. The molecule has 0 aliphatic carbocycles. The SMILES string of the molecule is CCC(=O)Nc1ccc(N2CCC(C)CC2)c(C(=O)NCCOC)c1. The van der Waals surface area contributed by atoms with E-state index in [4.69, 9.17) is 4.74 Å². The number of carbonyl (C=O) groups excluding carboxylic acids is 2. The second-order valence-corrected chi connectivity index (χ2v) is 6.55. The highest BCUT2D eigenvalue weighted by Crippen LogP contribution is 2.28. The van der Waals surface area contributed by atoms with Gasteiger partial charge < -0.3 is 20.3 Å². The first-order valence-corrected chi connectivity index (χ1v) is 9.01. The van der Waals surface area contributed by atoms with E-state index in [0.717, 1.165) is 37.5 Å². The minimum absolute atomic E-state index is 0.0645. The number of ether oxygens (including phenoxy) is 1. The van der Waals surface area contributed by atoms with Crippen molar-refractivity contribution in [1.29, 1.82) is 0 Å². The van der Waals surface area contributed by atoms with Crippen LogP contribution >= 0.6 is 0 Å². The number of amides is 2. The van der Waals surface area contributed by atoms with Crippen LogP contribution in [-0.2, 0) is 9.53 Å². The van der Waals surface area contributed by atoms with Crippen molar-refractivity contribution in [1.82, 2.24) is 5.32 Å². The van der Waals surface area contributed by atoms with Crippen LogP contribution in [0.4, 0.5) is 11.4 Å². The molecular weight excluding hydrogens is 318 g/mol. The molecule has 0 saturated carbocycles. The molecule has 1 heterocycles. The fourth-order valence-corrected chi connectivity index (χ4v) is 2.93. The minimum atomic E-state index is -0.140. The molecule has 2 rings (SSSR count). The van der Waals surface area contributed by atoms with Crippen LogP contribution < -0.4 is 15.5 Å². The molecule has 25 heavy (non-hydrogen) atoms. The molecule has 0 spiro atoms. The molecule has 1 fully saturated rings. The van der Waals surface area contributed by atoms with Crippen molar-refractivity contribution in [3.05, 3.63) is 23.8 Å². The van der Waals surface area contributed by atoms with Gasteiger partial charge in [-0.1, -0.05) is 13.8 Å². The zero-order chi connectivity index (χ0) is 18.2. The number of hydrogen-bond acceptors (Lipinski definition) is 4. The van der Waals surface area contributed by atoms with E-state index < -0.39 is 0 Å². The van der Waals surface area contributed by atoms with Crippen LogP contribution in [0.1, 0.15) is 43.5 Å². The molecule has 0 aromatic heterocycles. The van der Waals surface area contributed by atoms with Gasteiger partial charge in [-0.05, 0) is 37.0 Å². The first-order valence-electron chi connectivity index (χ1n) is 9.01. The topological polar surface area (TPSA) is 70.7 Å². The third kappa shape index (κ3) is 5.46. The van der Waals surface area contributed by atoms with Crippen molar-refractivity contribution in [3.8, 4) is 0 Å². The Morgan fingerprint density at radius 1 is 1.28 bits per heavy atom. The summed E-state index contributed by atoms with van der Waals surface area (Å²) in [4.78, 5) is 26.6. The molecule has 1 aliphatic rings. The van der Waals surface area contributed by atoms with Crippen LogP contribution in [0, 0.1) is 5.92 Å². The number of hydrogen-bond donors (Lipinski definition) is 2. The highest BCUT2D eigenvalue weighted by molar-refractivity contribution is 6.02. The number of benzene rings is 1. The van der Waals surface area contributed by atoms with Gasteiger partial charge in [-0.25, -0.2) is 0 Å². The Morgan fingerprint density at radius 2 is 2.00 bits per heavy atom. The van der Waals surface area contributed by atoms with E-state index in [1.807, 2.05) is 12.1 Å². The van der Waals surface area contributed by atoms with Crippen molar-refractivity contribution in [2.45, 2.75) is 33.1 Å². The Balaban J connectivity index is 2.23. The second kappa shape index (κ2) is 9.42. The summed E-state index contributed by atoms with van der Waals surface area (Å²) in [6.45, 7) is 6.88. The molecule has 1 aliphatic heterocycles. The summed E-state index contributed by atoms with van der Waals surface area (Å²) in [6.07, 6.45) is 2.65. The van der Waals surface area contributed by atoms with Crippen LogP contribution in [0.3, 0.4) is 0 Å². The highest BCUT2D eigenvalue weighted by Gasteiger charge is 2.21. The summed E-state index contributed by atoms with van der Waals surface area (Å²) in [5.74, 6) is 0.516. The van der Waals surface area contributed by atoms with Gasteiger partial charge in [0.25, 0.3) is 5.91 Å². The number of anilines is 2. The molecule has 0 radical (unpaired) electrons. The van der Waals surface area contributed by atoms with Gasteiger partial charge in [-0.2, -0.15) is 0 Å². The number of methoxy groups -OCH3 is 1. The maximum atomic E-state index is 12.6. The van der Waals surface area contributed by atoms with Gasteiger partial charge in [0.15, 0.2) is 0 Å². The molecule has 1 saturated heterocycles. The first-order chi connectivity index (χ1) is 12.0. The fourth-order valence-electron chi connectivity index (χ4n) is 2.93. The summed E-state index contributed by atoms with van der Waals surface area (Å²) >= 11 is 0. The first kappa shape index (κ1) is 19.2. The van der Waals surface area contributed by atoms with E-state index in [2.05, 4.69) is 22.5 Å². The summed E-state index contributed by atoms with van der Waals surface area (Å²) in [5, 5.41) is 5.71. The number of nitrogens with one attached hydrogen (secondary N) is 2. The van der Waals surface area contributed by atoms with Crippen molar-refractivity contribution >= 4 is 23.2 Å². The maximum Gasteiger partial charge on any atom is 0.253 e. The molecule has 0 atom stereocenters. The highest BCUT2D eigenvalue weighted by atomic mass is 16.5. The summed E-state index contributed by atoms with van der Waals surface area (Å²) in [6, 6.07) is 5.57. The normalized spacial score (nSPS) is 15.1. The van der Waals surface area contributed by atoms with Gasteiger partial charge in [-0.15, -0.1) is 0 Å². The Labute approximate surface area is 149 Å². The van der Waals surface area contributed by atoms with Crippen LogP contribution in [0.5, 0.6) is 0 Å². The van der Waals surface area contributed by atoms with Crippen LogP contribution in [0.2, 0.25) is 0 Å². The van der Waals surface area contributed by atoms with Gasteiger partial charge in [0.1, 0.15) is 0 Å². The molecule has 1 aromatic rings. The Hall–Kier alpha value is -2.08. The molecule has 2 amide bonds. The molecule has 6 heteroatoms. The lowest BCUT2D eigenvalue weighted by atomic mass is 9.97. The molecule has 0 bridgehead atoms. The van der Waals surface area contributed by atoms with E-state index in [1.54, 1.807) is 20.1 Å². The van der Waals surface area contributed by atoms with Gasteiger partial charge in [0, 0.05) is 44.5 Å². The average Bonchev–Trinajstić information content (AvgIpc) is 2.62. The van der Waals surface area contributed by atoms with Crippen molar-refractivity contribution in [2.24, 2.45) is 5.92 Å². The lowest BCUT2D eigenvalue weighted by Gasteiger charge is -2.33. The van der Waals surface area contributed by atoms with E-state index in [0.29, 0.717) is 30.8 Å². The number of rotatable bonds is 7. The molecular formula is C19H29N3O3. The summed E-state index contributed by atoms with van der Waals surface area (Å²) in [7, 11) is 1.60. The zero-order valence-electron chi connectivity index (χ0n) is 15.4. The third-order valence-corrected chi connectivity index (χ3v) is 4.56. The number of nitrogens with zero attached hydrogens (tertiary/aromatic N) is 1. The van der Waals surface area contributed by atoms with E-state index >= 15 is 0 Å². The third-order valence-electron chi connectivity index (χ3n) is 4.56. The Morgan fingerprint density at radius 3 is 2.64 bits per heavy atom. The van der Waals surface area contributed by atoms with Gasteiger partial charge in [-0.3, -0.25) is 9.59 Å². The van der Waals surface area contributed by atoms with Crippen molar-refractivity contribution < 1.29 is 14.3 Å². The lowest BCUT2D eigenvalue weighted by Crippen LogP contribution is -2.35. The fraction of sp³-hybridized carbons (Fsp3) is 0.579. The quantitative estimate of drug-likeness (QED) is 0.744. The van der Waals surface area contributed by atoms with Crippen LogP contribution in [0.25, 0.3) is 0 Å². The standard InChI is InChI=1S/C19H29N3O3/c1-4-18(23)21-15-5-6-17(22-10-7-14(2)8-11-22)16(13-15)19(24)20-9-12-25-3/h5-6,13-14H,4,7-12H2,1-3H3,(H,20,24)(H,21,23). The zero-order valence-corrected chi connectivity index (χ0v) is 15.4. The largest absolute Gasteiger partial charge is 0.383 e. The second-order valence-electron chi connectivity index (χ2n) is 6.55. The lowest BCUT2D eigenvalue weighted by molar-refractivity contribution is -0.115. The van der Waals surface area contributed by atoms with Gasteiger partial charge in [0.05, 0.1) is 12.2 Å². The van der Waals surface area contributed by atoms with E-state index in [1.165, 1.54) is 0 Å². The van der Waals surface area contributed by atoms with Gasteiger partial charge in [0.2, 0.25) is 5.91 Å². The molecule has 1 aromatic carbocycles. The Kier molecular flexibility index (Phi) is 7.25. The molecule has 2 N–H and O–H groups in total. The summed E-state index contributed by atoms with van der Waals surface area (Å²) in [5.41, 5.74) is 2.17. The number of carbonyl (C=O) groups is 2. The molecule has 6 nitrogen and oxygen atoms in total. The number of piperidine rings is 1. The van der Waals surface area contributed by atoms with Crippen molar-refractivity contribution in [2.75, 3.05) is 43.6 Å². The van der Waals surface area contributed by atoms with E-state index in [-0.39, 0.29) is 11.8 Å². The van der Waals surface area contributed by atoms with E-state index in [9.17, 15) is 9.59 Å². The molecule has 138 valence electrons. The predicted molar refractivity (Wildman–Crippen MR) is 100 cm³/mol. The molecule has 0 unspecified atom stereocenters. The van der Waals surface area contributed by atoms with Crippen molar-refractivity contribution in [3.63, 3.8) is 0 Å². The van der Waals surface area contributed by atoms with Crippen LogP contribution in [0.15, 0.2) is 18.2 Å². The average molecular weight is 347 g/mol. The minimum Gasteiger partial charge on any atom is -0.383 e. The van der Waals surface area contributed by atoms with Crippen LogP contribution in [-0.4, -0.2) is 45.2 Å². The predicted octanol–water partition coefficient (Wildman–Crippen LogP) is 2.65. The Bertz CT molecular complexity index is 596. The van der Waals surface area contributed by atoms with Gasteiger partial charge >= 0.3 is 0 Å². The smallest absolute Gasteiger partial charge is 0.253 e.